The van der Waals surface area contributed by atoms with Crippen molar-refractivity contribution in [2.24, 2.45) is 5.92 Å². The smallest absolute Gasteiger partial charge is 0.255 e. The number of carbonyl (C=O) groups is 1. The highest BCUT2D eigenvalue weighted by molar-refractivity contribution is 5.94. The van der Waals surface area contributed by atoms with Gasteiger partial charge in [0, 0.05) is 38.0 Å². The molecule has 4 heteroatoms. The molecule has 2 heterocycles. The highest BCUT2D eigenvalue weighted by atomic mass is 16.3. The molecule has 1 N–H and O–H groups in total. The van der Waals surface area contributed by atoms with E-state index in [0.717, 1.165) is 13.0 Å². The number of nitrogens with zero attached hydrogens (tertiary/aromatic N) is 2. The number of amides is 1. The summed E-state index contributed by atoms with van der Waals surface area (Å²) in [6, 6.07) is 3.52. The molecule has 1 fully saturated rings. The Labute approximate surface area is 88.6 Å². The van der Waals surface area contributed by atoms with E-state index in [9.17, 15) is 4.79 Å². The number of aromatic nitrogens is 1. The van der Waals surface area contributed by atoms with Crippen molar-refractivity contribution in [3.05, 3.63) is 30.1 Å². The first kappa shape index (κ1) is 10.1. The number of hydrogen-bond acceptors (Lipinski definition) is 3. The van der Waals surface area contributed by atoms with Crippen molar-refractivity contribution in [1.29, 1.82) is 0 Å². The molecule has 1 atom stereocenters. The van der Waals surface area contributed by atoms with Gasteiger partial charge in [-0.2, -0.15) is 0 Å². The Bertz CT molecular complexity index is 340. The van der Waals surface area contributed by atoms with E-state index >= 15 is 0 Å². The Hall–Kier alpha value is -1.42. The number of carbonyl (C=O) groups excluding carboxylic acids is 1. The zero-order valence-corrected chi connectivity index (χ0v) is 8.47. The lowest BCUT2D eigenvalue weighted by Gasteiger charge is -2.15. The second-order valence-corrected chi connectivity index (χ2v) is 3.83. The van der Waals surface area contributed by atoms with Gasteiger partial charge in [0.1, 0.15) is 0 Å². The molecule has 15 heavy (non-hydrogen) atoms. The van der Waals surface area contributed by atoms with Gasteiger partial charge in [-0.15, -0.1) is 0 Å². The Morgan fingerprint density at radius 1 is 1.67 bits per heavy atom. The minimum atomic E-state index is 0.0130. The predicted molar refractivity (Wildman–Crippen MR) is 55.3 cm³/mol. The van der Waals surface area contributed by atoms with E-state index in [1.807, 2.05) is 0 Å². The van der Waals surface area contributed by atoms with Crippen LogP contribution in [0.3, 0.4) is 0 Å². The molecule has 1 aliphatic rings. The maximum atomic E-state index is 11.9. The molecule has 4 nitrogen and oxygen atoms in total. The van der Waals surface area contributed by atoms with Crippen molar-refractivity contribution in [2.75, 3.05) is 19.7 Å². The molecule has 0 aliphatic carbocycles. The van der Waals surface area contributed by atoms with Gasteiger partial charge in [-0.05, 0) is 18.6 Å². The van der Waals surface area contributed by atoms with Crippen LogP contribution in [0, 0.1) is 5.92 Å². The number of aliphatic hydroxyl groups excluding tert-OH is 1. The maximum absolute atomic E-state index is 11.9. The van der Waals surface area contributed by atoms with Crippen LogP contribution in [0.1, 0.15) is 16.8 Å². The van der Waals surface area contributed by atoms with Crippen LogP contribution in [-0.4, -0.2) is 40.6 Å². The Morgan fingerprint density at radius 2 is 2.53 bits per heavy atom. The number of pyridine rings is 1. The molecule has 1 amide bonds. The normalized spacial score (nSPS) is 20.6. The van der Waals surface area contributed by atoms with Gasteiger partial charge in [0.15, 0.2) is 0 Å². The molecular formula is C11H14N2O2. The standard InChI is InChI=1S/C11H14N2O2/c14-8-9-3-5-13(7-9)11(15)10-2-1-4-12-6-10/h1-2,4,6,9,14H,3,5,7-8H2/t9-/m0/s1. The van der Waals surface area contributed by atoms with Crippen LogP contribution >= 0.6 is 0 Å². The molecule has 80 valence electrons. The second kappa shape index (κ2) is 4.40. The molecule has 0 radical (unpaired) electrons. The van der Waals surface area contributed by atoms with Crippen molar-refractivity contribution >= 4 is 5.91 Å². The van der Waals surface area contributed by atoms with Crippen LogP contribution in [0.2, 0.25) is 0 Å². The zero-order valence-electron chi connectivity index (χ0n) is 8.47. The minimum absolute atomic E-state index is 0.0130. The molecule has 1 aromatic heterocycles. The summed E-state index contributed by atoms with van der Waals surface area (Å²) >= 11 is 0. The number of likely N-dealkylation sites (tertiary alicyclic amines) is 1. The fraction of sp³-hybridized carbons (Fsp3) is 0.455. The largest absolute Gasteiger partial charge is 0.396 e. The molecular weight excluding hydrogens is 192 g/mol. The quantitative estimate of drug-likeness (QED) is 0.768. The first-order valence-electron chi connectivity index (χ1n) is 5.11. The van der Waals surface area contributed by atoms with Crippen molar-refractivity contribution in [2.45, 2.75) is 6.42 Å². The summed E-state index contributed by atoms with van der Waals surface area (Å²) in [7, 11) is 0. The lowest BCUT2D eigenvalue weighted by Crippen LogP contribution is -2.29. The van der Waals surface area contributed by atoms with E-state index in [1.54, 1.807) is 29.4 Å². The van der Waals surface area contributed by atoms with Gasteiger partial charge in [-0.1, -0.05) is 0 Å². The third-order valence-corrected chi connectivity index (χ3v) is 2.74. The summed E-state index contributed by atoms with van der Waals surface area (Å²) in [5.41, 5.74) is 0.621. The zero-order chi connectivity index (χ0) is 10.7. The van der Waals surface area contributed by atoms with Crippen LogP contribution < -0.4 is 0 Å². The molecule has 2 rings (SSSR count). The lowest BCUT2D eigenvalue weighted by atomic mass is 10.1. The van der Waals surface area contributed by atoms with E-state index in [2.05, 4.69) is 4.98 Å². The molecule has 0 bridgehead atoms. The molecule has 0 saturated carbocycles. The first-order chi connectivity index (χ1) is 7.31. The minimum Gasteiger partial charge on any atom is -0.396 e. The van der Waals surface area contributed by atoms with Crippen molar-refractivity contribution < 1.29 is 9.90 Å². The van der Waals surface area contributed by atoms with Crippen LogP contribution in [0.15, 0.2) is 24.5 Å². The topological polar surface area (TPSA) is 53.4 Å². The van der Waals surface area contributed by atoms with Crippen LogP contribution in [-0.2, 0) is 0 Å². The lowest BCUT2D eigenvalue weighted by molar-refractivity contribution is 0.0781. The third-order valence-electron chi connectivity index (χ3n) is 2.74. The van der Waals surface area contributed by atoms with Gasteiger partial charge in [0.25, 0.3) is 5.91 Å². The van der Waals surface area contributed by atoms with Gasteiger partial charge >= 0.3 is 0 Å². The predicted octanol–water partition coefficient (Wildman–Crippen LogP) is 0.536. The molecule has 1 aromatic rings. The van der Waals surface area contributed by atoms with Crippen LogP contribution in [0.5, 0.6) is 0 Å². The summed E-state index contributed by atoms with van der Waals surface area (Å²) in [4.78, 5) is 17.6. The van der Waals surface area contributed by atoms with Gasteiger partial charge < -0.3 is 10.0 Å². The second-order valence-electron chi connectivity index (χ2n) is 3.83. The van der Waals surface area contributed by atoms with Gasteiger partial charge in [0.05, 0.1) is 5.56 Å². The SMILES string of the molecule is O=C(c1cccnc1)N1CC[C@H](CO)C1. The number of hydrogen-bond donors (Lipinski definition) is 1. The van der Waals surface area contributed by atoms with Gasteiger partial charge in [-0.3, -0.25) is 9.78 Å². The van der Waals surface area contributed by atoms with E-state index in [1.165, 1.54) is 0 Å². The highest BCUT2D eigenvalue weighted by Crippen LogP contribution is 2.17. The Kier molecular flexibility index (Phi) is 2.97. The van der Waals surface area contributed by atoms with E-state index in [-0.39, 0.29) is 18.4 Å². The average Bonchev–Trinajstić information content (AvgIpc) is 2.78. The van der Waals surface area contributed by atoms with Crippen molar-refractivity contribution in [3.8, 4) is 0 Å². The molecule has 0 spiro atoms. The van der Waals surface area contributed by atoms with Crippen LogP contribution in [0.4, 0.5) is 0 Å². The van der Waals surface area contributed by atoms with Crippen molar-refractivity contribution in [1.82, 2.24) is 9.88 Å². The number of rotatable bonds is 2. The molecule has 1 saturated heterocycles. The maximum Gasteiger partial charge on any atom is 0.255 e. The van der Waals surface area contributed by atoms with E-state index < -0.39 is 0 Å². The summed E-state index contributed by atoms with van der Waals surface area (Å²) in [5, 5.41) is 8.99. The third kappa shape index (κ3) is 2.15. The fourth-order valence-corrected chi connectivity index (χ4v) is 1.84. The van der Waals surface area contributed by atoms with Crippen LogP contribution in [0.25, 0.3) is 0 Å². The molecule has 0 unspecified atom stereocenters. The summed E-state index contributed by atoms with van der Waals surface area (Å²) in [5.74, 6) is 0.254. The van der Waals surface area contributed by atoms with E-state index in [4.69, 9.17) is 5.11 Å². The average molecular weight is 206 g/mol. The molecule has 0 aromatic carbocycles. The monoisotopic (exact) mass is 206 g/mol. The summed E-state index contributed by atoms with van der Waals surface area (Å²) in [6.45, 7) is 1.56. The number of aliphatic hydroxyl groups is 1. The van der Waals surface area contributed by atoms with E-state index in [0.29, 0.717) is 12.1 Å². The fourth-order valence-electron chi connectivity index (χ4n) is 1.84. The first-order valence-corrected chi connectivity index (χ1v) is 5.11. The Balaban J connectivity index is 2.04. The highest BCUT2D eigenvalue weighted by Gasteiger charge is 2.26. The summed E-state index contributed by atoms with van der Waals surface area (Å²) in [6.07, 6.45) is 4.12. The van der Waals surface area contributed by atoms with Gasteiger partial charge in [-0.25, -0.2) is 0 Å². The Morgan fingerprint density at radius 3 is 3.13 bits per heavy atom. The molecule has 1 aliphatic heterocycles. The summed E-state index contributed by atoms with van der Waals surface area (Å²) < 4.78 is 0. The van der Waals surface area contributed by atoms with Gasteiger partial charge in [0.2, 0.25) is 0 Å². The van der Waals surface area contributed by atoms with Crippen molar-refractivity contribution in [3.63, 3.8) is 0 Å².